The van der Waals surface area contributed by atoms with Gasteiger partial charge in [-0.05, 0) is 31.0 Å². The van der Waals surface area contributed by atoms with Gasteiger partial charge in [0.05, 0.1) is 5.02 Å². The second-order valence-electron chi connectivity index (χ2n) is 4.08. The molecule has 1 N–H and O–H groups in total. The van der Waals surface area contributed by atoms with E-state index in [-0.39, 0.29) is 9.92 Å². The summed E-state index contributed by atoms with van der Waals surface area (Å²) in [5, 5.41) is 1.22. The van der Waals surface area contributed by atoms with Gasteiger partial charge in [-0.2, -0.15) is 0 Å². The standard InChI is InChI=1S/C12H16Br2ClNO2S/c13-7-3-1-2-4-8-16-19(17,18)12-6-5-10(14)9-11(12)15/h5-6,9,16H,1-4,7-8H2. The van der Waals surface area contributed by atoms with Crippen LogP contribution in [0.1, 0.15) is 25.7 Å². The first-order chi connectivity index (χ1) is 8.97. The molecule has 0 atom stereocenters. The highest BCUT2D eigenvalue weighted by Gasteiger charge is 2.17. The smallest absolute Gasteiger partial charge is 0.211 e. The van der Waals surface area contributed by atoms with Crippen molar-refractivity contribution in [2.24, 2.45) is 0 Å². The zero-order valence-electron chi connectivity index (χ0n) is 10.3. The summed E-state index contributed by atoms with van der Waals surface area (Å²) in [6.07, 6.45) is 4.07. The Hall–Kier alpha value is 0.380. The van der Waals surface area contributed by atoms with E-state index in [9.17, 15) is 8.42 Å². The van der Waals surface area contributed by atoms with E-state index in [1.165, 1.54) is 6.07 Å². The molecule has 0 aliphatic carbocycles. The number of benzene rings is 1. The molecule has 1 rings (SSSR count). The first-order valence-electron chi connectivity index (χ1n) is 5.98. The third kappa shape index (κ3) is 6.12. The van der Waals surface area contributed by atoms with Crippen LogP contribution in [0.3, 0.4) is 0 Å². The molecule has 0 unspecified atom stereocenters. The maximum atomic E-state index is 12.0. The predicted octanol–water partition coefficient (Wildman–Crippen LogP) is 4.34. The van der Waals surface area contributed by atoms with Crippen LogP contribution < -0.4 is 4.72 Å². The summed E-state index contributed by atoms with van der Waals surface area (Å²) in [7, 11) is -3.51. The van der Waals surface area contributed by atoms with Gasteiger partial charge in [0, 0.05) is 16.3 Å². The second kappa shape index (κ2) is 8.62. The van der Waals surface area contributed by atoms with Crippen LogP contribution in [-0.4, -0.2) is 20.3 Å². The van der Waals surface area contributed by atoms with Crippen molar-refractivity contribution >= 4 is 53.5 Å². The molecule has 0 saturated heterocycles. The molecule has 0 amide bonds. The SMILES string of the molecule is O=S(=O)(NCCCCCCBr)c1ccc(Br)cc1Cl. The first-order valence-corrected chi connectivity index (χ1v) is 9.75. The van der Waals surface area contributed by atoms with Crippen molar-refractivity contribution in [3.63, 3.8) is 0 Å². The lowest BCUT2D eigenvalue weighted by Gasteiger charge is -2.08. The van der Waals surface area contributed by atoms with Gasteiger partial charge in [0.1, 0.15) is 4.90 Å². The number of nitrogens with one attached hydrogen (secondary N) is 1. The molecule has 0 saturated carbocycles. The lowest BCUT2D eigenvalue weighted by atomic mass is 10.2. The Morgan fingerprint density at radius 2 is 1.84 bits per heavy atom. The molecule has 0 aliphatic heterocycles. The fourth-order valence-electron chi connectivity index (χ4n) is 1.55. The van der Waals surface area contributed by atoms with Crippen molar-refractivity contribution in [1.82, 2.24) is 4.72 Å². The van der Waals surface area contributed by atoms with E-state index < -0.39 is 10.0 Å². The van der Waals surface area contributed by atoms with Crippen molar-refractivity contribution in [2.45, 2.75) is 30.6 Å². The van der Waals surface area contributed by atoms with Crippen LogP contribution in [-0.2, 0) is 10.0 Å². The quantitative estimate of drug-likeness (QED) is 0.490. The predicted molar refractivity (Wildman–Crippen MR) is 86.6 cm³/mol. The molecule has 1 aromatic carbocycles. The van der Waals surface area contributed by atoms with E-state index in [0.29, 0.717) is 6.54 Å². The van der Waals surface area contributed by atoms with Crippen molar-refractivity contribution in [2.75, 3.05) is 11.9 Å². The van der Waals surface area contributed by atoms with Crippen LogP contribution in [0.25, 0.3) is 0 Å². The van der Waals surface area contributed by atoms with Crippen LogP contribution in [0.2, 0.25) is 5.02 Å². The van der Waals surface area contributed by atoms with Gasteiger partial charge >= 0.3 is 0 Å². The van der Waals surface area contributed by atoms with E-state index in [1.807, 2.05) is 0 Å². The van der Waals surface area contributed by atoms with Gasteiger partial charge in [0.15, 0.2) is 0 Å². The van der Waals surface area contributed by atoms with Crippen LogP contribution >= 0.6 is 43.5 Å². The molecule has 3 nitrogen and oxygen atoms in total. The largest absolute Gasteiger partial charge is 0.242 e. The monoisotopic (exact) mass is 431 g/mol. The summed E-state index contributed by atoms with van der Waals surface area (Å²) in [6, 6.07) is 4.74. The van der Waals surface area contributed by atoms with E-state index in [2.05, 4.69) is 36.6 Å². The number of rotatable bonds is 8. The van der Waals surface area contributed by atoms with Gasteiger partial charge in [-0.25, -0.2) is 13.1 Å². The Labute approximate surface area is 136 Å². The number of halogens is 3. The van der Waals surface area contributed by atoms with E-state index >= 15 is 0 Å². The lowest BCUT2D eigenvalue weighted by molar-refractivity contribution is 0.574. The summed E-state index contributed by atoms with van der Waals surface area (Å²) in [4.78, 5) is 0.123. The molecular weight excluding hydrogens is 417 g/mol. The van der Waals surface area contributed by atoms with Crippen LogP contribution in [0.5, 0.6) is 0 Å². The summed E-state index contributed by atoms with van der Waals surface area (Å²) in [5.74, 6) is 0. The van der Waals surface area contributed by atoms with Crippen LogP contribution in [0.15, 0.2) is 27.6 Å². The molecule has 0 fully saturated rings. The summed E-state index contributed by atoms with van der Waals surface area (Å²) in [6.45, 7) is 0.441. The Balaban J connectivity index is 2.52. The molecule has 0 aliphatic rings. The third-order valence-electron chi connectivity index (χ3n) is 2.54. The molecular formula is C12H16Br2ClNO2S. The fourth-order valence-corrected chi connectivity index (χ4v) is 4.06. The Bertz CT molecular complexity index is 508. The van der Waals surface area contributed by atoms with E-state index in [4.69, 9.17) is 11.6 Å². The van der Waals surface area contributed by atoms with Gasteiger partial charge in [0.25, 0.3) is 0 Å². The average molecular weight is 434 g/mol. The molecule has 0 heterocycles. The Morgan fingerprint density at radius 3 is 2.47 bits per heavy atom. The summed E-state index contributed by atoms with van der Waals surface area (Å²) < 4.78 is 27.4. The minimum Gasteiger partial charge on any atom is -0.211 e. The Morgan fingerprint density at radius 1 is 1.16 bits per heavy atom. The minimum atomic E-state index is -3.51. The number of sulfonamides is 1. The zero-order chi connectivity index (χ0) is 14.3. The molecule has 108 valence electrons. The molecule has 0 aromatic heterocycles. The fraction of sp³-hybridized carbons (Fsp3) is 0.500. The Kier molecular flexibility index (Phi) is 7.91. The highest BCUT2D eigenvalue weighted by molar-refractivity contribution is 9.10. The number of alkyl halides is 1. The minimum absolute atomic E-state index is 0.123. The maximum Gasteiger partial charge on any atom is 0.242 e. The normalized spacial score (nSPS) is 11.7. The maximum absolute atomic E-state index is 12.0. The highest BCUT2D eigenvalue weighted by atomic mass is 79.9. The third-order valence-corrected chi connectivity index (χ3v) is 5.53. The van der Waals surface area contributed by atoms with Gasteiger partial charge in [-0.3, -0.25) is 0 Å². The van der Waals surface area contributed by atoms with Crippen molar-refractivity contribution in [3.05, 3.63) is 27.7 Å². The van der Waals surface area contributed by atoms with Gasteiger partial charge in [-0.1, -0.05) is 56.3 Å². The molecule has 0 radical (unpaired) electrons. The van der Waals surface area contributed by atoms with Gasteiger partial charge < -0.3 is 0 Å². The molecule has 7 heteroatoms. The number of hydrogen-bond acceptors (Lipinski definition) is 2. The van der Waals surface area contributed by atoms with Crippen molar-refractivity contribution in [3.8, 4) is 0 Å². The van der Waals surface area contributed by atoms with E-state index in [0.717, 1.165) is 35.5 Å². The zero-order valence-corrected chi connectivity index (χ0v) is 15.1. The van der Waals surface area contributed by atoms with Crippen LogP contribution in [0.4, 0.5) is 0 Å². The summed E-state index contributed by atoms with van der Waals surface area (Å²) in [5.41, 5.74) is 0. The first kappa shape index (κ1) is 17.4. The van der Waals surface area contributed by atoms with Gasteiger partial charge in [0.2, 0.25) is 10.0 Å². The van der Waals surface area contributed by atoms with Crippen molar-refractivity contribution < 1.29 is 8.42 Å². The lowest BCUT2D eigenvalue weighted by Crippen LogP contribution is -2.25. The van der Waals surface area contributed by atoms with Crippen molar-refractivity contribution in [1.29, 1.82) is 0 Å². The number of unbranched alkanes of at least 4 members (excludes halogenated alkanes) is 3. The average Bonchev–Trinajstić information content (AvgIpc) is 2.33. The highest BCUT2D eigenvalue weighted by Crippen LogP contribution is 2.24. The second-order valence-corrected chi connectivity index (χ2v) is 7.93. The topological polar surface area (TPSA) is 46.2 Å². The summed E-state index contributed by atoms with van der Waals surface area (Å²) >= 11 is 12.6. The van der Waals surface area contributed by atoms with Gasteiger partial charge in [-0.15, -0.1) is 0 Å². The van der Waals surface area contributed by atoms with Crippen LogP contribution in [0, 0.1) is 0 Å². The number of hydrogen-bond donors (Lipinski definition) is 1. The molecule has 1 aromatic rings. The van der Waals surface area contributed by atoms with E-state index in [1.54, 1.807) is 12.1 Å². The molecule has 0 bridgehead atoms. The molecule has 19 heavy (non-hydrogen) atoms. The molecule has 0 spiro atoms.